The minimum Gasteiger partial charge on any atom is -0.481 e. The minimum absolute atomic E-state index is 0.0171. The van der Waals surface area contributed by atoms with Crippen LogP contribution < -0.4 is 37.6 Å². The fourth-order valence-corrected chi connectivity index (χ4v) is 6.14. The Morgan fingerprint density at radius 2 is 0.579 bits per heavy atom. The Labute approximate surface area is 338 Å². The number of hydrogen-bond donors (Lipinski definition) is 9. The molecular weight excluding hydrogens is 738 g/mol. The van der Waals surface area contributed by atoms with Gasteiger partial charge in [0.05, 0.1) is 12.5 Å². The molecule has 7 atom stereocenters. The Bertz CT molecular complexity index is 1350. The van der Waals surface area contributed by atoms with Crippen LogP contribution in [0.25, 0.3) is 0 Å². The molecule has 0 radical (unpaired) electrons. The highest BCUT2D eigenvalue weighted by Crippen LogP contribution is 2.14. The van der Waals surface area contributed by atoms with Crippen molar-refractivity contribution in [3.63, 3.8) is 0 Å². The third-order valence-electron chi connectivity index (χ3n) is 8.76. The molecule has 0 rings (SSSR count). The summed E-state index contributed by atoms with van der Waals surface area (Å²) in [6.45, 7) is 22.3. The number of nitrogens with two attached hydrogens (primary N) is 1. The van der Waals surface area contributed by atoms with E-state index in [-0.39, 0.29) is 61.2 Å². The van der Waals surface area contributed by atoms with Crippen molar-refractivity contribution >= 4 is 47.4 Å². The molecule has 17 nitrogen and oxygen atoms in total. The van der Waals surface area contributed by atoms with Crippen LogP contribution in [0, 0.1) is 35.5 Å². The monoisotopic (exact) mass is 812 g/mol. The van der Waals surface area contributed by atoms with Gasteiger partial charge in [-0.05, 0) is 74.0 Å². The van der Waals surface area contributed by atoms with E-state index in [2.05, 4.69) is 31.9 Å². The molecule has 0 aromatic carbocycles. The molecule has 0 unspecified atom stereocenters. The maximum atomic E-state index is 13.9. The lowest BCUT2D eigenvalue weighted by molar-refractivity contribution is -0.147. The fourth-order valence-electron chi connectivity index (χ4n) is 6.14. The largest absolute Gasteiger partial charge is 0.481 e. The molecule has 0 aliphatic rings. The Morgan fingerprint density at radius 1 is 0.368 bits per heavy atom. The Balaban J connectivity index is 6.36. The van der Waals surface area contributed by atoms with Crippen molar-refractivity contribution in [2.45, 2.75) is 170 Å². The fraction of sp³-hybridized carbons (Fsp3) is 0.800. The number of rotatable bonds is 27. The average molecular weight is 812 g/mol. The molecule has 57 heavy (non-hydrogen) atoms. The number of carbonyl (C=O) groups excluding carboxylic acids is 6. The zero-order valence-corrected chi connectivity index (χ0v) is 36.2. The lowest BCUT2D eigenvalue weighted by Crippen LogP contribution is -2.60. The first-order valence-corrected chi connectivity index (χ1v) is 20.3. The molecule has 6 amide bonds. The zero-order valence-electron chi connectivity index (χ0n) is 36.2. The molecule has 0 fully saturated rings. The summed E-state index contributed by atoms with van der Waals surface area (Å²) in [5.41, 5.74) is 6.09. The molecular formula is C40H73N7O10. The molecule has 10 N–H and O–H groups in total. The quantitative estimate of drug-likeness (QED) is 0.0579. The smallest absolute Gasteiger partial charge is 0.326 e. The van der Waals surface area contributed by atoms with E-state index in [4.69, 9.17) is 10.8 Å². The highest BCUT2D eigenvalue weighted by Gasteiger charge is 2.35. The summed E-state index contributed by atoms with van der Waals surface area (Å²) in [6.07, 6.45) is 0.465. The molecule has 0 bridgehead atoms. The lowest BCUT2D eigenvalue weighted by Gasteiger charge is -2.29. The van der Waals surface area contributed by atoms with Crippen LogP contribution in [0.2, 0.25) is 0 Å². The van der Waals surface area contributed by atoms with Gasteiger partial charge in [-0.3, -0.25) is 33.6 Å². The second-order valence-corrected chi connectivity index (χ2v) is 17.7. The van der Waals surface area contributed by atoms with Gasteiger partial charge in [0.1, 0.15) is 36.3 Å². The second-order valence-electron chi connectivity index (χ2n) is 17.7. The highest BCUT2D eigenvalue weighted by molar-refractivity contribution is 5.97. The van der Waals surface area contributed by atoms with Gasteiger partial charge >= 0.3 is 11.9 Å². The van der Waals surface area contributed by atoms with E-state index in [1.807, 2.05) is 69.2 Å². The summed E-state index contributed by atoms with van der Waals surface area (Å²) in [5, 5.41) is 34.4. The van der Waals surface area contributed by atoms with Crippen molar-refractivity contribution in [2.75, 3.05) is 0 Å². The van der Waals surface area contributed by atoms with Gasteiger partial charge in [0.2, 0.25) is 35.4 Å². The van der Waals surface area contributed by atoms with Crippen LogP contribution in [-0.2, 0) is 38.4 Å². The summed E-state index contributed by atoms with van der Waals surface area (Å²) in [7, 11) is 0. The number of carboxylic acids is 2. The third kappa shape index (κ3) is 22.3. The first-order valence-electron chi connectivity index (χ1n) is 20.3. The van der Waals surface area contributed by atoms with Gasteiger partial charge in [0, 0.05) is 0 Å². The van der Waals surface area contributed by atoms with E-state index in [9.17, 15) is 43.5 Å². The number of carbonyl (C=O) groups is 8. The van der Waals surface area contributed by atoms with Crippen molar-refractivity contribution in [3.05, 3.63) is 0 Å². The molecule has 0 heterocycles. The van der Waals surface area contributed by atoms with E-state index < -0.39 is 96.1 Å². The predicted molar refractivity (Wildman–Crippen MR) is 216 cm³/mol. The van der Waals surface area contributed by atoms with E-state index in [0.717, 1.165) is 0 Å². The zero-order chi connectivity index (χ0) is 44.3. The number of amides is 6. The van der Waals surface area contributed by atoms with Crippen LogP contribution in [0.15, 0.2) is 0 Å². The van der Waals surface area contributed by atoms with Crippen molar-refractivity contribution in [1.29, 1.82) is 0 Å². The van der Waals surface area contributed by atoms with Crippen LogP contribution in [0.1, 0.15) is 128 Å². The lowest BCUT2D eigenvalue weighted by atomic mass is 9.97. The van der Waals surface area contributed by atoms with Crippen LogP contribution in [-0.4, -0.2) is 99.9 Å². The maximum absolute atomic E-state index is 13.9. The first kappa shape index (κ1) is 52.7. The Hall–Kier alpha value is -4.28. The molecule has 0 aromatic rings. The first-order chi connectivity index (χ1) is 26.2. The summed E-state index contributed by atoms with van der Waals surface area (Å²) >= 11 is 0. The normalized spacial score (nSPS) is 15.4. The van der Waals surface area contributed by atoms with Crippen LogP contribution in [0.3, 0.4) is 0 Å². The summed E-state index contributed by atoms with van der Waals surface area (Å²) in [5.74, 6) is -7.18. The molecule has 0 aliphatic carbocycles. The Kier molecular flexibility index (Phi) is 23.9. The molecule has 17 heteroatoms. The van der Waals surface area contributed by atoms with Gasteiger partial charge in [-0.2, -0.15) is 0 Å². The number of carboxylic acid groups (broad SMARTS) is 2. The summed E-state index contributed by atoms with van der Waals surface area (Å²) in [4.78, 5) is 104. The molecule has 0 saturated carbocycles. The third-order valence-corrected chi connectivity index (χ3v) is 8.76. The van der Waals surface area contributed by atoms with Crippen molar-refractivity contribution in [3.8, 4) is 0 Å². The van der Waals surface area contributed by atoms with E-state index in [1.54, 1.807) is 13.8 Å². The minimum atomic E-state index is -1.73. The number of nitrogens with one attached hydrogen (secondary N) is 6. The van der Waals surface area contributed by atoms with Crippen LogP contribution in [0.4, 0.5) is 0 Å². The van der Waals surface area contributed by atoms with Gasteiger partial charge in [0.25, 0.3) is 0 Å². The van der Waals surface area contributed by atoms with E-state index in [1.165, 1.54) is 0 Å². The highest BCUT2D eigenvalue weighted by atomic mass is 16.4. The standard InChI is InChI=1S/C40H73N7O10/c1-20(2)13-26(41)34(50)42-27(14-21(3)4)35(51)43-28(15-22(5)6)36(52)44-29(16-23(7)8)37(53)45-30(17-24(9)10)38(54)46-31(18-25(11)12)39(55)47-32(40(56)57)19-33(48)49/h20-32H,13-19,41H2,1-12H3,(H,42,50)(H,43,51)(H,44,52)(H,45,53)(H,46,54)(H,47,55)(H,48,49)(H,56,57)/t26-,27-,28-,29-,30-,31-,32-/m0/s1. The van der Waals surface area contributed by atoms with Gasteiger partial charge < -0.3 is 47.8 Å². The van der Waals surface area contributed by atoms with E-state index in [0.29, 0.717) is 12.8 Å². The Morgan fingerprint density at radius 3 is 0.772 bits per heavy atom. The molecule has 0 saturated heterocycles. The van der Waals surface area contributed by atoms with Crippen molar-refractivity contribution < 1.29 is 48.6 Å². The molecule has 328 valence electrons. The van der Waals surface area contributed by atoms with Gasteiger partial charge in [0.15, 0.2) is 0 Å². The SMILES string of the molecule is CC(C)C[C@H](NC(=O)[C@H](CC(C)C)NC(=O)[C@H](CC(C)C)NC(=O)[C@H](CC(C)C)NC(=O)[C@H](CC(C)C)NC(=O)[C@@H](N)CC(C)C)C(=O)N[C@@H](CC(=O)O)C(=O)O. The predicted octanol–water partition coefficient (Wildman–Crippen LogP) is 2.06. The topological polar surface area (TPSA) is 275 Å². The van der Waals surface area contributed by atoms with Crippen molar-refractivity contribution in [2.24, 2.45) is 41.2 Å². The summed E-state index contributed by atoms with van der Waals surface area (Å²) < 4.78 is 0. The van der Waals surface area contributed by atoms with Crippen molar-refractivity contribution in [1.82, 2.24) is 31.9 Å². The second kappa shape index (κ2) is 25.9. The van der Waals surface area contributed by atoms with Crippen LogP contribution >= 0.6 is 0 Å². The molecule has 0 aromatic heterocycles. The van der Waals surface area contributed by atoms with E-state index >= 15 is 0 Å². The van der Waals surface area contributed by atoms with Gasteiger partial charge in [-0.1, -0.05) is 83.1 Å². The maximum Gasteiger partial charge on any atom is 0.326 e. The number of aliphatic carboxylic acids is 2. The molecule has 0 aliphatic heterocycles. The molecule has 0 spiro atoms. The summed E-state index contributed by atoms with van der Waals surface area (Å²) in [6, 6.07) is -8.13. The average Bonchev–Trinajstić information content (AvgIpc) is 3.04. The van der Waals surface area contributed by atoms with Gasteiger partial charge in [-0.15, -0.1) is 0 Å². The number of hydrogen-bond acceptors (Lipinski definition) is 9. The van der Waals surface area contributed by atoms with Crippen LogP contribution in [0.5, 0.6) is 0 Å². The van der Waals surface area contributed by atoms with Gasteiger partial charge in [-0.25, -0.2) is 4.79 Å².